The normalized spacial score (nSPS) is 11.8. The minimum Gasteiger partial charge on any atom is -0.480 e. The predicted octanol–water partition coefficient (Wildman–Crippen LogP) is 2.01. The van der Waals surface area contributed by atoms with Gasteiger partial charge >= 0.3 is 12.1 Å². The molecule has 1 rings (SSSR count). The number of benzene rings is 1. The predicted molar refractivity (Wildman–Crippen MR) is 78.9 cm³/mol. The van der Waals surface area contributed by atoms with E-state index in [2.05, 4.69) is 0 Å². The van der Waals surface area contributed by atoms with Crippen LogP contribution in [0.25, 0.3) is 0 Å². The van der Waals surface area contributed by atoms with Crippen LogP contribution in [0.1, 0.15) is 26.3 Å². The van der Waals surface area contributed by atoms with Crippen molar-refractivity contribution in [2.45, 2.75) is 38.2 Å². The quantitative estimate of drug-likeness (QED) is 0.906. The Kier molecular flexibility index (Phi) is 5.18. The van der Waals surface area contributed by atoms with Gasteiger partial charge in [-0.2, -0.15) is 4.31 Å². The van der Waals surface area contributed by atoms with Gasteiger partial charge in [-0.1, -0.05) is 17.7 Å². The number of nitrogens with zero attached hydrogens (tertiary/aromatic N) is 1. The van der Waals surface area contributed by atoms with Gasteiger partial charge in [0.15, 0.2) is 0 Å². The second-order valence-electron chi connectivity index (χ2n) is 5.70. The van der Waals surface area contributed by atoms with E-state index < -0.39 is 34.2 Å². The van der Waals surface area contributed by atoms with Gasteiger partial charge in [-0.05, 0) is 39.8 Å². The van der Waals surface area contributed by atoms with Gasteiger partial charge in [0, 0.05) is 0 Å². The van der Waals surface area contributed by atoms with E-state index >= 15 is 0 Å². The molecule has 0 aliphatic rings. The van der Waals surface area contributed by atoms with E-state index in [4.69, 9.17) is 9.84 Å². The van der Waals surface area contributed by atoms with Crippen LogP contribution in [0.2, 0.25) is 0 Å². The number of amides is 1. The van der Waals surface area contributed by atoms with E-state index in [-0.39, 0.29) is 9.20 Å². The van der Waals surface area contributed by atoms with Gasteiger partial charge in [-0.3, -0.25) is 4.79 Å². The molecule has 0 fully saturated rings. The monoisotopic (exact) mass is 329 g/mol. The lowest BCUT2D eigenvalue weighted by atomic mass is 10.2. The average Bonchev–Trinajstić information content (AvgIpc) is 2.34. The fourth-order valence-corrected chi connectivity index (χ4v) is 2.77. The fraction of sp³-hybridized carbons (Fsp3) is 0.429. The Balaban J connectivity index is 3.23. The fourth-order valence-electron chi connectivity index (χ4n) is 1.52. The molecule has 0 saturated carbocycles. The van der Waals surface area contributed by atoms with Crippen LogP contribution in [0.5, 0.6) is 0 Å². The highest BCUT2D eigenvalue weighted by Crippen LogP contribution is 2.19. The van der Waals surface area contributed by atoms with Crippen LogP contribution in [0.4, 0.5) is 4.79 Å². The van der Waals surface area contributed by atoms with Crippen LogP contribution < -0.4 is 0 Å². The highest BCUT2D eigenvalue weighted by molar-refractivity contribution is 7.89. The van der Waals surface area contributed by atoms with Gasteiger partial charge in [0.25, 0.3) is 10.0 Å². The summed E-state index contributed by atoms with van der Waals surface area (Å²) in [5.41, 5.74) is -0.114. The van der Waals surface area contributed by atoms with Gasteiger partial charge in [0.05, 0.1) is 4.90 Å². The molecule has 0 saturated heterocycles. The molecule has 7 nitrogen and oxygen atoms in total. The van der Waals surface area contributed by atoms with Crippen molar-refractivity contribution in [2.75, 3.05) is 6.54 Å². The molecule has 0 aromatic heterocycles. The van der Waals surface area contributed by atoms with Crippen molar-refractivity contribution in [1.29, 1.82) is 0 Å². The second kappa shape index (κ2) is 6.35. The van der Waals surface area contributed by atoms with Gasteiger partial charge in [0.1, 0.15) is 12.1 Å². The number of carboxylic acids is 1. The number of carbonyl (C=O) groups excluding carboxylic acids is 1. The molecular formula is C14H19NO6S. The van der Waals surface area contributed by atoms with Crippen molar-refractivity contribution >= 4 is 22.1 Å². The number of aliphatic carboxylic acids is 1. The summed E-state index contributed by atoms with van der Waals surface area (Å²) in [5, 5.41) is 8.87. The molecule has 122 valence electrons. The third-order valence-electron chi connectivity index (χ3n) is 2.48. The van der Waals surface area contributed by atoms with E-state index in [1.54, 1.807) is 39.8 Å². The summed E-state index contributed by atoms with van der Waals surface area (Å²) >= 11 is 0. The molecule has 0 atom stereocenters. The summed E-state index contributed by atoms with van der Waals surface area (Å²) in [5.74, 6) is -1.46. The van der Waals surface area contributed by atoms with Gasteiger partial charge in [0.2, 0.25) is 0 Å². The molecule has 0 heterocycles. The molecule has 1 aromatic carbocycles. The van der Waals surface area contributed by atoms with Crippen LogP contribution in [-0.2, 0) is 19.6 Å². The summed E-state index contributed by atoms with van der Waals surface area (Å²) < 4.78 is 30.1. The van der Waals surface area contributed by atoms with Gasteiger partial charge < -0.3 is 9.84 Å². The van der Waals surface area contributed by atoms with Gasteiger partial charge in [-0.15, -0.1) is 0 Å². The molecule has 1 aromatic rings. The minimum absolute atomic E-state index is 0.176. The number of carbonyl (C=O) groups is 2. The molecule has 1 N–H and O–H groups in total. The van der Waals surface area contributed by atoms with Crippen LogP contribution in [0, 0.1) is 6.92 Å². The van der Waals surface area contributed by atoms with Crippen LogP contribution in [0.15, 0.2) is 29.2 Å². The molecule has 0 radical (unpaired) electrons. The number of carboxylic acid groups (broad SMARTS) is 1. The maximum Gasteiger partial charge on any atom is 0.424 e. The zero-order valence-corrected chi connectivity index (χ0v) is 13.7. The Morgan fingerprint density at radius 1 is 1.18 bits per heavy atom. The van der Waals surface area contributed by atoms with Gasteiger partial charge in [-0.25, -0.2) is 13.2 Å². The summed E-state index contributed by atoms with van der Waals surface area (Å²) in [6.45, 7) is 5.44. The minimum atomic E-state index is -4.31. The number of sulfonamides is 1. The number of hydrogen-bond acceptors (Lipinski definition) is 5. The first-order chi connectivity index (χ1) is 9.93. The highest BCUT2D eigenvalue weighted by Gasteiger charge is 2.34. The Morgan fingerprint density at radius 3 is 2.09 bits per heavy atom. The lowest BCUT2D eigenvalue weighted by Crippen LogP contribution is -2.43. The smallest absolute Gasteiger partial charge is 0.424 e. The third-order valence-corrected chi connectivity index (χ3v) is 4.21. The molecule has 0 aliphatic carbocycles. The van der Waals surface area contributed by atoms with Crippen LogP contribution in [-0.4, -0.2) is 42.0 Å². The molecular weight excluding hydrogens is 310 g/mol. The van der Waals surface area contributed by atoms with Crippen molar-refractivity contribution in [3.05, 3.63) is 29.8 Å². The van der Waals surface area contributed by atoms with Crippen molar-refractivity contribution in [3.8, 4) is 0 Å². The lowest BCUT2D eigenvalue weighted by Gasteiger charge is -2.26. The van der Waals surface area contributed by atoms with Crippen molar-refractivity contribution in [3.63, 3.8) is 0 Å². The SMILES string of the molecule is Cc1ccc(S(=O)(=O)N(CC(=O)O)C(=O)OC(C)(C)C)cc1. The first kappa shape index (κ1) is 18.0. The molecule has 0 aliphatic heterocycles. The van der Waals surface area contributed by atoms with E-state index in [1.807, 2.05) is 0 Å². The highest BCUT2D eigenvalue weighted by atomic mass is 32.2. The van der Waals surface area contributed by atoms with E-state index in [0.717, 1.165) is 5.56 Å². The first-order valence-corrected chi connectivity index (χ1v) is 7.91. The third kappa shape index (κ3) is 4.73. The molecule has 0 bridgehead atoms. The topological polar surface area (TPSA) is 101 Å². The summed E-state index contributed by atoms with van der Waals surface area (Å²) in [6, 6.07) is 5.73. The van der Waals surface area contributed by atoms with E-state index in [1.165, 1.54) is 12.1 Å². The molecule has 0 spiro atoms. The lowest BCUT2D eigenvalue weighted by molar-refractivity contribution is -0.137. The number of hydrogen-bond donors (Lipinski definition) is 1. The Hall–Kier alpha value is -2.09. The Morgan fingerprint density at radius 2 is 1.68 bits per heavy atom. The largest absolute Gasteiger partial charge is 0.480 e. The zero-order valence-electron chi connectivity index (χ0n) is 12.9. The second-order valence-corrected chi connectivity index (χ2v) is 7.56. The van der Waals surface area contributed by atoms with Crippen LogP contribution in [0.3, 0.4) is 0 Å². The maximum absolute atomic E-state index is 12.5. The van der Waals surface area contributed by atoms with E-state index in [9.17, 15) is 18.0 Å². The number of aryl methyl sites for hydroxylation is 1. The Labute approximate surface area is 129 Å². The molecule has 22 heavy (non-hydrogen) atoms. The number of ether oxygens (including phenoxy) is 1. The molecule has 8 heteroatoms. The zero-order chi connectivity index (χ0) is 17.1. The standard InChI is InChI=1S/C14H19NO6S/c1-10-5-7-11(8-6-10)22(19,20)15(9-12(16)17)13(18)21-14(2,3)4/h5-8H,9H2,1-4H3,(H,16,17). The summed E-state index contributed by atoms with van der Waals surface area (Å²) in [7, 11) is -4.31. The Bertz CT molecular complexity index is 658. The molecule has 0 unspecified atom stereocenters. The average molecular weight is 329 g/mol. The van der Waals surface area contributed by atoms with Crippen molar-refractivity contribution in [2.24, 2.45) is 0 Å². The first-order valence-electron chi connectivity index (χ1n) is 6.47. The number of rotatable bonds is 4. The van der Waals surface area contributed by atoms with E-state index in [0.29, 0.717) is 0 Å². The van der Waals surface area contributed by atoms with Crippen molar-refractivity contribution in [1.82, 2.24) is 4.31 Å². The maximum atomic E-state index is 12.5. The summed E-state index contributed by atoms with van der Waals surface area (Å²) in [4.78, 5) is 22.8. The van der Waals surface area contributed by atoms with Crippen LogP contribution >= 0.6 is 0 Å². The van der Waals surface area contributed by atoms with Crippen molar-refractivity contribution < 1.29 is 27.9 Å². The summed E-state index contributed by atoms with van der Waals surface area (Å²) in [6.07, 6.45) is -1.23. The molecule has 1 amide bonds.